The fourth-order valence-corrected chi connectivity index (χ4v) is 4.90. The van der Waals surface area contributed by atoms with E-state index in [0.717, 1.165) is 0 Å². The fraction of sp³-hybridized carbons (Fsp3) is 0.200. The highest BCUT2D eigenvalue weighted by molar-refractivity contribution is 7.07. The molecule has 0 saturated carbocycles. The Kier molecular flexibility index (Phi) is 6.81. The van der Waals surface area contributed by atoms with Gasteiger partial charge in [0.15, 0.2) is 4.80 Å². The van der Waals surface area contributed by atoms with E-state index in [4.69, 9.17) is 21.1 Å². The van der Waals surface area contributed by atoms with E-state index in [2.05, 4.69) is 4.99 Å². The number of carbonyl (C=O) groups excluding carboxylic acids is 2. The summed E-state index contributed by atoms with van der Waals surface area (Å²) in [4.78, 5) is 43.0. The molecule has 0 amide bonds. The van der Waals surface area contributed by atoms with Gasteiger partial charge in [0.2, 0.25) is 0 Å². The van der Waals surface area contributed by atoms with E-state index < -0.39 is 18.0 Å². The molecule has 0 aliphatic carbocycles. The maximum absolute atomic E-state index is 13.6. The number of ether oxygens (including phenoxy) is 2. The van der Waals surface area contributed by atoms with Crippen LogP contribution in [0.2, 0.25) is 5.02 Å². The first-order valence-corrected chi connectivity index (χ1v) is 11.7. The molecular formula is C25H21ClN2O5S. The number of aromatic nitrogens is 1. The summed E-state index contributed by atoms with van der Waals surface area (Å²) in [5.41, 5.74) is 1.73. The van der Waals surface area contributed by atoms with E-state index in [9.17, 15) is 14.4 Å². The molecule has 1 unspecified atom stereocenters. The van der Waals surface area contributed by atoms with Crippen molar-refractivity contribution in [2.24, 2.45) is 4.99 Å². The first-order chi connectivity index (χ1) is 16.3. The number of thiazole rings is 1. The van der Waals surface area contributed by atoms with Gasteiger partial charge in [-0.25, -0.2) is 9.79 Å². The topological polar surface area (TPSA) is 87.0 Å². The fourth-order valence-electron chi connectivity index (χ4n) is 3.74. The van der Waals surface area contributed by atoms with E-state index in [1.165, 1.54) is 22.8 Å². The number of esters is 2. The van der Waals surface area contributed by atoms with E-state index in [0.29, 0.717) is 42.5 Å². The Morgan fingerprint density at radius 1 is 1.18 bits per heavy atom. The minimum Gasteiger partial charge on any atom is -0.463 e. The monoisotopic (exact) mass is 496 g/mol. The predicted octanol–water partition coefficient (Wildman–Crippen LogP) is 3.38. The molecule has 1 aliphatic heterocycles. The number of halogens is 1. The number of carbonyl (C=O) groups is 2. The van der Waals surface area contributed by atoms with E-state index >= 15 is 0 Å². The Bertz CT molecular complexity index is 1480. The summed E-state index contributed by atoms with van der Waals surface area (Å²) >= 11 is 7.27. The first kappa shape index (κ1) is 23.7. The van der Waals surface area contributed by atoms with Gasteiger partial charge in [-0.1, -0.05) is 53.3 Å². The zero-order chi connectivity index (χ0) is 24.4. The SMILES string of the molecule is CCOC(=O)C1=C(C)N=c2s/c(=C\c3ccccc3OC(C)=O)c(=O)n2C1c1ccc(Cl)cc1. The van der Waals surface area contributed by atoms with Crippen molar-refractivity contribution < 1.29 is 19.1 Å². The highest BCUT2D eigenvalue weighted by atomic mass is 35.5. The molecule has 0 saturated heterocycles. The summed E-state index contributed by atoms with van der Waals surface area (Å²) in [6.07, 6.45) is 1.66. The molecule has 4 rings (SSSR count). The van der Waals surface area contributed by atoms with Crippen LogP contribution < -0.4 is 19.6 Å². The van der Waals surface area contributed by atoms with Crippen molar-refractivity contribution in [3.05, 3.63) is 95.6 Å². The van der Waals surface area contributed by atoms with Crippen LogP contribution in [0.3, 0.4) is 0 Å². The normalized spacial score (nSPS) is 15.5. The Morgan fingerprint density at radius 2 is 1.88 bits per heavy atom. The molecule has 0 N–H and O–H groups in total. The largest absolute Gasteiger partial charge is 0.463 e. The van der Waals surface area contributed by atoms with Gasteiger partial charge >= 0.3 is 11.9 Å². The number of allylic oxidation sites excluding steroid dienone is 1. The van der Waals surface area contributed by atoms with Crippen molar-refractivity contribution in [2.75, 3.05) is 6.61 Å². The Hall–Kier alpha value is -3.49. The minimum atomic E-state index is -0.724. The summed E-state index contributed by atoms with van der Waals surface area (Å²) in [6, 6.07) is 13.2. The van der Waals surface area contributed by atoms with Gasteiger partial charge in [-0.2, -0.15) is 0 Å². The van der Waals surface area contributed by atoms with Crippen molar-refractivity contribution in [1.29, 1.82) is 0 Å². The quantitative estimate of drug-likeness (QED) is 0.399. The summed E-state index contributed by atoms with van der Waals surface area (Å²) < 4.78 is 12.4. The lowest BCUT2D eigenvalue weighted by Crippen LogP contribution is -2.39. The van der Waals surface area contributed by atoms with E-state index in [-0.39, 0.29) is 12.2 Å². The number of rotatable bonds is 5. The zero-order valence-electron chi connectivity index (χ0n) is 18.7. The summed E-state index contributed by atoms with van der Waals surface area (Å²) in [6.45, 7) is 4.96. The lowest BCUT2D eigenvalue weighted by molar-refractivity contribution is -0.139. The Labute approximate surface area is 204 Å². The standard InChI is InChI=1S/C25H21ClN2O5S/c1-4-32-24(31)21-14(2)27-25-28(22(21)16-9-11-18(26)12-10-16)23(30)20(34-25)13-17-7-5-6-8-19(17)33-15(3)29/h5-13,22H,4H2,1-3H3/b20-13-. The number of fused-ring (bicyclic) bond motifs is 1. The molecule has 0 radical (unpaired) electrons. The van der Waals surface area contributed by atoms with Gasteiger partial charge in [-0.05, 0) is 43.7 Å². The highest BCUT2D eigenvalue weighted by Gasteiger charge is 2.33. The van der Waals surface area contributed by atoms with Gasteiger partial charge in [0.1, 0.15) is 5.75 Å². The third-order valence-corrected chi connectivity index (χ3v) is 6.40. The van der Waals surface area contributed by atoms with Crippen molar-refractivity contribution in [3.8, 4) is 5.75 Å². The van der Waals surface area contributed by atoms with Crippen LogP contribution >= 0.6 is 22.9 Å². The van der Waals surface area contributed by atoms with Crippen LogP contribution in [0.5, 0.6) is 5.75 Å². The summed E-state index contributed by atoms with van der Waals surface area (Å²) in [5.74, 6) is -0.642. The van der Waals surface area contributed by atoms with Crippen LogP contribution in [0.15, 0.2) is 69.6 Å². The lowest BCUT2D eigenvalue weighted by Gasteiger charge is -2.24. The van der Waals surface area contributed by atoms with Crippen molar-refractivity contribution in [1.82, 2.24) is 4.57 Å². The van der Waals surface area contributed by atoms with Gasteiger partial charge in [-0.3, -0.25) is 14.2 Å². The van der Waals surface area contributed by atoms with Crippen LogP contribution in [-0.4, -0.2) is 23.1 Å². The van der Waals surface area contributed by atoms with Crippen LogP contribution in [0.1, 0.15) is 37.9 Å². The van der Waals surface area contributed by atoms with Crippen molar-refractivity contribution in [3.63, 3.8) is 0 Å². The molecule has 1 aromatic heterocycles. The molecule has 0 fully saturated rings. The Balaban J connectivity index is 1.94. The van der Waals surface area contributed by atoms with Crippen LogP contribution in [0.25, 0.3) is 6.08 Å². The smallest absolute Gasteiger partial charge is 0.338 e. The van der Waals surface area contributed by atoms with Gasteiger partial charge in [-0.15, -0.1) is 0 Å². The molecule has 0 spiro atoms. The Morgan fingerprint density at radius 3 is 2.56 bits per heavy atom. The van der Waals surface area contributed by atoms with Gasteiger partial charge < -0.3 is 9.47 Å². The van der Waals surface area contributed by atoms with Crippen LogP contribution in [-0.2, 0) is 14.3 Å². The van der Waals surface area contributed by atoms with Crippen LogP contribution in [0.4, 0.5) is 0 Å². The van der Waals surface area contributed by atoms with Gasteiger partial charge in [0.25, 0.3) is 5.56 Å². The third kappa shape index (κ3) is 4.60. The lowest BCUT2D eigenvalue weighted by atomic mass is 9.96. The number of hydrogen-bond donors (Lipinski definition) is 0. The molecule has 0 bridgehead atoms. The summed E-state index contributed by atoms with van der Waals surface area (Å²) in [7, 11) is 0. The second-order valence-electron chi connectivity index (χ2n) is 7.49. The molecule has 7 nitrogen and oxygen atoms in total. The van der Waals surface area contributed by atoms with E-state index in [1.54, 1.807) is 68.5 Å². The number of hydrogen-bond acceptors (Lipinski definition) is 7. The van der Waals surface area contributed by atoms with Crippen molar-refractivity contribution >= 4 is 41.0 Å². The summed E-state index contributed by atoms with van der Waals surface area (Å²) in [5, 5.41) is 0.539. The molecule has 174 valence electrons. The third-order valence-electron chi connectivity index (χ3n) is 5.16. The van der Waals surface area contributed by atoms with E-state index in [1.807, 2.05) is 0 Å². The zero-order valence-corrected chi connectivity index (χ0v) is 20.3. The molecule has 1 aliphatic rings. The average molecular weight is 497 g/mol. The predicted molar refractivity (Wildman–Crippen MR) is 130 cm³/mol. The molecule has 1 atom stereocenters. The number of nitrogens with zero attached hydrogens (tertiary/aromatic N) is 2. The van der Waals surface area contributed by atoms with Crippen molar-refractivity contribution in [2.45, 2.75) is 26.8 Å². The molecule has 9 heteroatoms. The second-order valence-corrected chi connectivity index (χ2v) is 8.93. The molecule has 34 heavy (non-hydrogen) atoms. The highest BCUT2D eigenvalue weighted by Crippen LogP contribution is 2.31. The molecule has 3 aromatic rings. The average Bonchev–Trinajstić information content (AvgIpc) is 3.09. The molecular weight excluding hydrogens is 476 g/mol. The second kappa shape index (κ2) is 9.79. The van der Waals surface area contributed by atoms with Gasteiger partial charge in [0, 0.05) is 17.5 Å². The molecule has 2 heterocycles. The van der Waals surface area contributed by atoms with Crippen LogP contribution in [0, 0.1) is 0 Å². The van der Waals surface area contributed by atoms with Gasteiger partial charge in [0.05, 0.1) is 28.5 Å². The molecule has 2 aromatic carbocycles. The minimum absolute atomic E-state index is 0.195. The number of para-hydroxylation sites is 1. The number of benzene rings is 2. The maximum Gasteiger partial charge on any atom is 0.338 e. The first-order valence-electron chi connectivity index (χ1n) is 10.5. The maximum atomic E-state index is 13.6.